The largest absolute Gasteiger partial charge is 0.378 e. The Morgan fingerprint density at radius 2 is 2.14 bits per heavy atom. The lowest BCUT2D eigenvalue weighted by molar-refractivity contribution is 0.0241. The van der Waals surface area contributed by atoms with E-state index >= 15 is 0 Å². The van der Waals surface area contributed by atoms with E-state index in [1.165, 1.54) is 0 Å². The molecule has 1 aromatic rings. The van der Waals surface area contributed by atoms with E-state index in [1.54, 1.807) is 6.07 Å². The minimum Gasteiger partial charge on any atom is -0.378 e. The zero-order chi connectivity index (χ0) is 15.1. The van der Waals surface area contributed by atoms with Crippen molar-refractivity contribution in [2.45, 2.75) is 51.2 Å². The maximum Gasteiger partial charge on any atom is 0.269 e. The molecule has 0 aliphatic heterocycles. The molecule has 1 aliphatic carbocycles. The van der Waals surface area contributed by atoms with Gasteiger partial charge < -0.3 is 15.8 Å². The Bertz CT molecular complexity index is 457. The molecule has 1 fully saturated rings. The molecule has 0 spiro atoms. The van der Waals surface area contributed by atoms with Crippen LogP contribution >= 0.6 is 0 Å². The lowest BCUT2D eigenvalue weighted by atomic mass is 9.94. The fraction of sp³-hybridized carbons (Fsp3) is 0.625. The van der Waals surface area contributed by atoms with Crippen molar-refractivity contribution < 1.29 is 9.53 Å². The number of carbonyl (C=O) groups excluding carboxylic acids is 1. The van der Waals surface area contributed by atoms with Gasteiger partial charge in [0.25, 0.3) is 5.91 Å². The highest BCUT2D eigenvalue weighted by Crippen LogP contribution is 2.19. The van der Waals surface area contributed by atoms with E-state index in [-0.39, 0.29) is 5.91 Å². The standard InChI is InChI=1S/C16H25N3O2/c1-12-4-2-5-15(19-12)16(20)18-10-3-11-21-14-8-6-13(17)7-9-14/h2,4-5,13-14H,3,6-11,17H2,1H3,(H,18,20). The number of rotatable bonds is 6. The van der Waals surface area contributed by atoms with Gasteiger partial charge in [0.05, 0.1) is 6.10 Å². The Labute approximate surface area is 126 Å². The number of hydrogen-bond acceptors (Lipinski definition) is 4. The normalized spacial score (nSPS) is 22.0. The Balaban J connectivity index is 1.58. The monoisotopic (exact) mass is 291 g/mol. The molecule has 2 rings (SSSR count). The molecular weight excluding hydrogens is 266 g/mol. The maximum absolute atomic E-state index is 11.9. The first-order valence-electron chi connectivity index (χ1n) is 7.74. The van der Waals surface area contributed by atoms with Gasteiger partial charge in [-0.2, -0.15) is 0 Å². The van der Waals surface area contributed by atoms with Crippen LogP contribution in [0.25, 0.3) is 0 Å². The Hall–Kier alpha value is -1.46. The van der Waals surface area contributed by atoms with Crippen molar-refractivity contribution in [1.29, 1.82) is 0 Å². The van der Waals surface area contributed by atoms with Crippen molar-refractivity contribution in [1.82, 2.24) is 10.3 Å². The number of pyridine rings is 1. The average Bonchev–Trinajstić information content (AvgIpc) is 2.48. The molecule has 1 aromatic heterocycles. The molecular formula is C16H25N3O2. The van der Waals surface area contributed by atoms with Crippen molar-refractivity contribution >= 4 is 5.91 Å². The summed E-state index contributed by atoms with van der Waals surface area (Å²) in [4.78, 5) is 16.1. The molecule has 1 aliphatic rings. The number of hydrogen-bond donors (Lipinski definition) is 2. The molecule has 1 amide bonds. The Kier molecular flexibility index (Phi) is 6.14. The first kappa shape index (κ1) is 15.9. The predicted octanol–water partition coefficient (Wildman–Crippen LogP) is 1.80. The minimum absolute atomic E-state index is 0.123. The number of aryl methyl sites for hydroxylation is 1. The van der Waals surface area contributed by atoms with Crippen LogP contribution in [0.4, 0.5) is 0 Å². The fourth-order valence-electron chi connectivity index (χ4n) is 2.54. The number of nitrogens with zero attached hydrogens (tertiary/aromatic N) is 1. The van der Waals surface area contributed by atoms with E-state index in [1.807, 2.05) is 19.1 Å². The van der Waals surface area contributed by atoms with Crippen LogP contribution < -0.4 is 11.1 Å². The SMILES string of the molecule is Cc1cccc(C(=O)NCCCOC2CCC(N)CC2)n1. The topological polar surface area (TPSA) is 77.2 Å². The maximum atomic E-state index is 11.9. The van der Waals surface area contributed by atoms with Gasteiger partial charge in [0.1, 0.15) is 5.69 Å². The quantitative estimate of drug-likeness (QED) is 0.783. The lowest BCUT2D eigenvalue weighted by Crippen LogP contribution is -2.31. The molecule has 1 heterocycles. The third kappa shape index (κ3) is 5.44. The molecule has 0 aromatic carbocycles. The number of nitrogens with two attached hydrogens (primary N) is 1. The van der Waals surface area contributed by atoms with Crippen LogP contribution in [-0.2, 0) is 4.74 Å². The van der Waals surface area contributed by atoms with Gasteiger partial charge >= 0.3 is 0 Å². The van der Waals surface area contributed by atoms with E-state index in [0.717, 1.165) is 37.8 Å². The average molecular weight is 291 g/mol. The van der Waals surface area contributed by atoms with Crippen LogP contribution in [0.3, 0.4) is 0 Å². The van der Waals surface area contributed by atoms with Gasteiger partial charge in [-0.25, -0.2) is 4.98 Å². The van der Waals surface area contributed by atoms with Crippen molar-refractivity contribution in [3.8, 4) is 0 Å². The second-order valence-electron chi connectivity index (χ2n) is 5.68. The summed E-state index contributed by atoms with van der Waals surface area (Å²) >= 11 is 0. The van der Waals surface area contributed by atoms with Crippen LogP contribution in [0.1, 0.15) is 48.3 Å². The summed E-state index contributed by atoms with van der Waals surface area (Å²) in [5.41, 5.74) is 7.18. The number of ether oxygens (including phenoxy) is 1. The zero-order valence-electron chi connectivity index (χ0n) is 12.7. The van der Waals surface area contributed by atoms with Crippen molar-refractivity contribution in [2.24, 2.45) is 5.73 Å². The number of aromatic nitrogens is 1. The van der Waals surface area contributed by atoms with E-state index in [2.05, 4.69) is 10.3 Å². The second kappa shape index (κ2) is 8.10. The van der Waals surface area contributed by atoms with E-state index in [9.17, 15) is 4.79 Å². The first-order valence-corrected chi connectivity index (χ1v) is 7.74. The summed E-state index contributed by atoms with van der Waals surface area (Å²) in [5.74, 6) is -0.123. The van der Waals surface area contributed by atoms with Gasteiger partial charge in [-0.3, -0.25) is 4.79 Å². The molecule has 0 saturated heterocycles. The highest BCUT2D eigenvalue weighted by atomic mass is 16.5. The fourth-order valence-corrected chi connectivity index (χ4v) is 2.54. The minimum atomic E-state index is -0.123. The van der Waals surface area contributed by atoms with E-state index in [4.69, 9.17) is 10.5 Å². The molecule has 0 atom stereocenters. The summed E-state index contributed by atoms with van der Waals surface area (Å²) in [7, 11) is 0. The smallest absolute Gasteiger partial charge is 0.269 e. The van der Waals surface area contributed by atoms with Gasteiger partial charge in [-0.15, -0.1) is 0 Å². The van der Waals surface area contributed by atoms with Gasteiger partial charge in [-0.05, 0) is 51.2 Å². The van der Waals surface area contributed by atoms with E-state index in [0.29, 0.717) is 31.0 Å². The Morgan fingerprint density at radius 3 is 2.86 bits per heavy atom. The molecule has 0 bridgehead atoms. The van der Waals surface area contributed by atoms with Crippen LogP contribution in [0.5, 0.6) is 0 Å². The molecule has 0 unspecified atom stereocenters. The van der Waals surface area contributed by atoms with Crippen LogP contribution in [0.15, 0.2) is 18.2 Å². The van der Waals surface area contributed by atoms with Crippen LogP contribution in [0.2, 0.25) is 0 Å². The van der Waals surface area contributed by atoms with Crippen LogP contribution in [-0.4, -0.2) is 36.2 Å². The lowest BCUT2D eigenvalue weighted by Gasteiger charge is -2.26. The molecule has 3 N–H and O–H groups in total. The van der Waals surface area contributed by atoms with Crippen molar-refractivity contribution in [2.75, 3.05) is 13.2 Å². The summed E-state index contributed by atoms with van der Waals surface area (Å²) in [6.07, 6.45) is 5.39. The highest BCUT2D eigenvalue weighted by Gasteiger charge is 2.18. The van der Waals surface area contributed by atoms with Gasteiger partial charge in [-0.1, -0.05) is 6.07 Å². The zero-order valence-corrected chi connectivity index (χ0v) is 12.7. The van der Waals surface area contributed by atoms with Crippen molar-refractivity contribution in [3.63, 3.8) is 0 Å². The second-order valence-corrected chi connectivity index (χ2v) is 5.68. The molecule has 5 heteroatoms. The van der Waals surface area contributed by atoms with Crippen molar-refractivity contribution in [3.05, 3.63) is 29.6 Å². The highest BCUT2D eigenvalue weighted by molar-refractivity contribution is 5.92. The Morgan fingerprint density at radius 1 is 1.38 bits per heavy atom. The summed E-state index contributed by atoms with van der Waals surface area (Å²) < 4.78 is 5.82. The van der Waals surface area contributed by atoms with Crippen LogP contribution in [0, 0.1) is 6.92 Å². The molecule has 21 heavy (non-hydrogen) atoms. The summed E-state index contributed by atoms with van der Waals surface area (Å²) in [6, 6.07) is 5.80. The third-order valence-electron chi connectivity index (χ3n) is 3.80. The first-order chi connectivity index (χ1) is 10.1. The van der Waals surface area contributed by atoms with Gasteiger partial charge in [0, 0.05) is 24.9 Å². The molecule has 5 nitrogen and oxygen atoms in total. The molecule has 116 valence electrons. The molecule has 0 radical (unpaired) electrons. The summed E-state index contributed by atoms with van der Waals surface area (Å²) in [5, 5.41) is 2.87. The summed E-state index contributed by atoms with van der Waals surface area (Å²) in [6.45, 7) is 3.17. The predicted molar refractivity (Wildman–Crippen MR) is 82.1 cm³/mol. The third-order valence-corrected chi connectivity index (χ3v) is 3.80. The number of amides is 1. The number of nitrogens with one attached hydrogen (secondary N) is 1. The van der Waals surface area contributed by atoms with Gasteiger partial charge in [0.15, 0.2) is 0 Å². The van der Waals surface area contributed by atoms with Gasteiger partial charge in [0.2, 0.25) is 0 Å². The van der Waals surface area contributed by atoms with E-state index < -0.39 is 0 Å². The number of carbonyl (C=O) groups is 1. The molecule has 1 saturated carbocycles.